The van der Waals surface area contributed by atoms with Crippen molar-refractivity contribution in [2.24, 2.45) is 5.41 Å². The van der Waals surface area contributed by atoms with E-state index in [9.17, 15) is 0 Å². The van der Waals surface area contributed by atoms with Crippen molar-refractivity contribution < 1.29 is 10.2 Å². The van der Waals surface area contributed by atoms with Gasteiger partial charge in [-0.05, 0) is 24.8 Å². The van der Waals surface area contributed by atoms with Crippen LogP contribution >= 0.6 is 0 Å². The molecule has 3 heteroatoms. The third-order valence-corrected chi connectivity index (χ3v) is 2.23. The Morgan fingerprint density at radius 1 is 0.929 bits per heavy atom. The van der Waals surface area contributed by atoms with E-state index in [4.69, 9.17) is 10.2 Å². The van der Waals surface area contributed by atoms with Crippen LogP contribution in [0, 0.1) is 5.41 Å². The first-order valence-corrected chi connectivity index (χ1v) is 5.43. The fourth-order valence-electron chi connectivity index (χ4n) is 1.45. The third-order valence-electron chi connectivity index (χ3n) is 2.23. The van der Waals surface area contributed by atoms with Crippen LogP contribution in [0.4, 0.5) is 0 Å². The fraction of sp³-hybridized carbons (Fsp3) is 1.00. The van der Waals surface area contributed by atoms with E-state index >= 15 is 0 Å². The van der Waals surface area contributed by atoms with Crippen molar-refractivity contribution in [3.8, 4) is 0 Å². The highest BCUT2D eigenvalue weighted by Crippen LogP contribution is 2.20. The topological polar surface area (TPSA) is 43.7 Å². The zero-order valence-electron chi connectivity index (χ0n) is 9.79. The lowest BCUT2D eigenvalue weighted by Crippen LogP contribution is -2.31. The summed E-state index contributed by atoms with van der Waals surface area (Å²) in [5.74, 6) is 0. The number of nitrogens with zero attached hydrogens (tertiary/aromatic N) is 1. The monoisotopic (exact) mass is 203 g/mol. The van der Waals surface area contributed by atoms with E-state index in [1.165, 1.54) is 6.42 Å². The Hall–Kier alpha value is -0.120. The van der Waals surface area contributed by atoms with Crippen LogP contribution < -0.4 is 0 Å². The van der Waals surface area contributed by atoms with E-state index in [2.05, 4.69) is 25.7 Å². The molecule has 0 heterocycles. The summed E-state index contributed by atoms with van der Waals surface area (Å²) in [6.45, 7) is 9.36. The molecule has 0 amide bonds. The molecular formula is C11H25NO2. The minimum Gasteiger partial charge on any atom is -0.395 e. The maximum atomic E-state index is 8.80. The summed E-state index contributed by atoms with van der Waals surface area (Å²) in [6.07, 6.45) is 2.31. The molecular weight excluding hydrogens is 178 g/mol. The van der Waals surface area contributed by atoms with Gasteiger partial charge in [0.05, 0.1) is 13.2 Å². The van der Waals surface area contributed by atoms with E-state index in [0.717, 1.165) is 13.0 Å². The Balaban J connectivity index is 3.60. The van der Waals surface area contributed by atoms with Crippen molar-refractivity contribution in [1.82, 2.24) is 4.90 Å². The minimum atomic E-state index is 0.176. The van der Waals surface area contributed by atoms with Crippen molar-refractivity contribution in [3.63, 3.8) is 0 Å². The van der Waals surface area contributed by atoms with E-state index in [0.29, 0.717) is 18.5 Å². The highest BCUT2D eigenvalue weighted by molar-refractivity contribution is 4.64. The molecule has 0 aromatic rings. The number of aliphatic hydroxyl groups excluding tert-OH is 2. The lowest BCUT2D eigenvalue weighted by Gasteiger charge is -2.23. The van der Waals surface area contributed by atoms with Gasteiger partial charge in [-0.15, -0.1) is 0 Å². The Morgan fingerprint density at radius 3 is 1.79 bits per heavy atom. The molecule has 0 atom stereocenters. The molecule has 3 nitrogen and oxygen atoms in total. The van der Waals surface area contributed by atoms with E-state index in [-0.39, 0.29) is 13.2 Å². The molecule has 0 bridgehead atoms. The minimum absolute atomic E-state index is 0.176. The van der Waals surface area contributed by atoms with Gasteiger partial charge in [-0.2, -0.15) is 0 Å². The molecule has 86 valence electrons. The summed E-state index contributed by atoms with van der Waals surface area (Å²) >= 11 is 0. The Kier molecular flexibility index (Phi) is 7.15. The van der Waals surface area contributed by atoms with Gasteiger partial charge in [0.2, 0.25) is 0 Å². The van der Waals surface area contributed by atoms with Gasteiger partial charge in [0, 0.05) is 13.1 Å². The molecule has 0 radical (unpaired) electrons. The second kappa shape index (κ2) is 7.21. The summed E-state index contributed by atoms with van der Waals surface area (Å²) < 4.78 is 0. The highest BCUT2D eigenvalue weighted by Gasteiger charge is 2.10. The molecule has 0 fully saturated rings. The van der Waals surface area contributed by atoms with E-state index in [1.807, 2.05) is 0 Å². The second-order valence-corrected chi connectivity index (χ2v) is 4.95. The molecule has 0 aliphatic carbocycles. The molecule has 0 aliphatic heterocycles. The molecule has 0 saturated heterocycles. The molecule has 2 N–H and O–H groups in total. The summed E-state index contributed by atoms with van der Waals surface area (Å²) in [5, 5.41) is 17.6. The van der Waals surface area contributed by atoms with Gasteiger partial charge in [-0.1, -0.05) is 20.8 Å². The van der Waals surface area contributed by atoms with E-state index in [1.54, 1.807) is 0 Å². The Bertz CT molecular complexity index is 126. The third kappa shape index (κ3) is 8.48. The number of hydrogen-bond donors (Lipinski definition) is 2. The van der Waals surface area contributed by atoms with Crippen molar-refractivity contribution in [2.45, 2.75) is 33.6 Å². The predicted octanol–water partition coefficient (Wildman–Crippen LogP) is 1.10. The number of rotatable bonds is 7. The zero-order chi connectivity index (χ0) is 11.0. The van der Waals surface area contributed by atoms with Crippen LogP contribution in [0.1, 0.15) is 33.6 Å². The van der Waals surface area contributed by atoms with Crippen LogP contribution in [0.15, 0.2) is 0 Å². The summed E-state index contributed by atoms with van der Waals surface area (Å²) in [7, 11) is 0. The van der Waals surface area contributed by atoms with Crippen molar-refractivity contribution in [1.29, 1.82) is 0 Å². The molecule has 0 spiro atoms. The SMILES string of the molecule is CC(C)(C)CCCN(CCO)CCO. The lowest BCUT2D eigenvalue weighted by molar-refractivity contribution is 0.155. The first-order valence-electron chi connectivity index (χ1n) is 5.43. The van der Waals surface area contributed by atoms with Crippen molar-refractivity contribution in [3.05, 3.63) is 0 Å². The Labute approximate surface area is 87.7 Å². The lowest BCUT2D eigenvalue weighted by atomic mass is 9.90. The average Bonchev–Trinajstić information content (AvgIpc) is 2.02. The zero-order valence-corrected chi connectivity index (χ0v) is 9.79. The first kappa shape index (κ1) is 13.9. The van der Waals surface area contributed by atoms with Crippen LogP contribution in [0.5, 0.6) is 0 Å². The fourth-order valence-corrected chi connectivity index (χ4v) is 1.45. The van der Waals surface area contributed by atoms with Crippen LogP contribution in [0.2, 0.25) is 0 Å². The van der Waals surface area contributed by atoms with Gasteiger partial charge in [-0.25, -0.2) is 0 Å². The van der Waals surface area contributed by atoms with Gasteiger partial charge >= 0.3 is 0 Å². The van der Waals surface area contributed by atoms with Gasteiger partial charge in [0.1, 0.15) is 0 Å². The number of aliphatic hydroxyl groups is 2. The van der Waals surface area contributed by atoms with Gasteiger partial charge in [0.25, 0.3) is 0 Å². The summed E-state index contributed by atoms with van der Waals surface area (Å²) in [6, 6.07) is 0. The van der Waals surface area contributed by atoms with Crippen molar-refractivity contribution >= 4 is 0 Å². The van der Waals surface area contributed by atoms with Gasteiger partial charge in [-0.3, -0.25) is 4.90 Å². The molecule has 0 aromatic carbocycles. The number of hydrogen-bond acceptors (Lipinski definition) is 3. The summed E-state index contributed by atoms with van der Waals surface area (Å²) in [5.41, 5.74) is 0.379. The van der Waals surface area contributed by atoms with Crippen LogP contribution in [-0.4, -0.2) is 48.0 Å². The smallest absolute Gasteiger partial charge is 0.0558 e. The summed E-state index contributed by atoms with van der Waals surface area (Å²) in [4.78, 5) is 2.10. The Morgan fingerprint density at radius 2 is 1.43 bits per heavy atom. The predicted molar refractivity (Wildman–Crippen MR) is 59.3 cm³/mol. The van der Waals surface area contributed by atoms with Gasteiger partial charge < -0.3 is 10.2 Å². The molecule has 0 rings (SSSR count). The second-order valence-electron chi connectivity index (χ2n) is 4.95. The van der Waals surface area contributed by atoms with Gasteiger partial charge in [0.15, 0.2) is 0 Å². The molecule has 0 unspecified atom stereocenters. The molecule has 0 saturated carbocycles. The molecule has 14 heavy (non-hydrogen) atoms. The normalized spacial score (nSPS) is 12.4. The van der Waals surface area contributed by atoms with Crippen LogP contribution in [0.3, 0.4) is 0 Å². The highest BCUT2D eigenvalue weighted by atomic mass is 16.3. The first-order chi connectivity index (χ1) is 6.49. The molecule has 0 aliphatic rings. The molecule has 0 aromatic heterocycles. The largest absolute Gasteiger partial charge is 0.395 e. The maximum absolute atomic E-state index is 8.80. The quantitative estimate of drug-likeness (QED) is 0.651. The average molecular weight is 203 g/mol. The standard InChI is InChI=1S/C11H25NO2/c1-11(2,3)5-4-6-12(7-9-13)8-10-14/h13-14H,4-10H2,1-3H3. The maximum Gasteiger partial charge on any atom is 0.0558 e. The van der Waals surface area contributed by atoms with Crippen molar-refractivity contribution in [2.75, 3.05) is 32.8 Å². The van der Waals surface area contributed by atoms with Crippen LogP contribution in [-0.2, 0) is 0 Å². The van der Waals surface area contributed by atoms with Crippen LogP contribution in [0.25, 0.3) is 0 Å². The van der Waals surface area contributed by atoms with E-state index < -0.39 is 0 Å².